The van der Waals surface area contributed by atoms with E-state index < -0.39 is 0 Å². The van der Waals surface area contributed by atoms with E-state index in [1.54, 1.807) is 24.3 Å². The van der Waals surface area contributed by atoms with Crippen molar-refractivity contribution in [3.05, 3.63) is 46.2 Å². The Hall–Kier alpha value is -3.80. The number of benzene rings is 1. The third kappa shape index (κ3) is 3.53. The number of morpholine rings is 1. The molecule has 12 heteroatoms. The van der Waals surface area contributed by atoms with Crippen LogP contribution in [0.5, 0.6) is 0 Å². The van der Waals surface area contributed by atoms with E-state index in [0.717, 1.165) is 4.79 Å². The van der Waals surface area contributed by atoms with E-state index >= 15 is 0 Å². The Bertz CT molecular complexity index is 1020. The van der Waals surface area contributed by atoms with Gasteiger partial charge in [0.25, 0.3) is 11.6 Å². The maximum Gasteiger partial charge on any atom is 0.293 e. The Kier molecular flexibility index (Phi) is 4.68. The standard InChI is InChI=1S/C16H16N8O4/c17-16-19-20-21-23(16)18-10-12-2-4-15(28-12)11-1-3-13(14(9-11)24(25)26)22-5-7-27-8-6-22/h1-4,9-10H,5-8H2,(H2,17,19,21)/b18-10+. The second-order valence-electron chi connectivity index (χ2n) is 5.93. The Morgan fingerprint density at radius 2 is 2.07 bits per heavy atom. The van der Waals surface area contributed by atoms with Crippen LogP contribution < -0.4 is 10.6 Å². The van der Waals surface area contributed by atoms with Crippen molar-refractivity contribution in [1.29, 1.82) is 0 Å². The number of hydrogen-bond donors (Lipinski definition) is 1. The summed E-state index contributed by atoms with van der Waals surface area (Å²) in [4.78, 5) is 14.2. The molecule has 0 saturated carbocycles. The van der Waals surface area contributed by atoms with Gasteiger partial charge in [-0.15, -0.1) is 0 Å². The highest BCUT2D eigenvalue weighted by molar-refractivity contribution is 5.78. The number of rotatable bonds is 5. The van der Waals surface area contributed by atoms with E-state index in [1.165, 1.54) is 12.3 Å². The highest BCUT2D eigenvalue weighted by Crippen LogP contribution is 2.34. The highest BCUT2D eigenvalue weighted by atomic mass is 16.6. The maximum atomic E-state index is 11.6. The zero-order valence-corrected chi connectivity index (χ0v) is 14.6. The van der Waals surface area contributed by atoms with Gasteiger partial charge in [0, 0.05) is 24.7 Å². The van der Waals surface area contributed by atoms with Gasteiger partial charge in [0.2, 0.25) is 0 Å². The van der Waals surface area contributed by atoms with Gasteiger partial charge in [-0.1, -0.05) is 9.89 Å². The fourth-order valence-electron chi connectivity index (χ4n) is 2.86. The number of anilines is 2. The lowest BCUT2D eigenvalue weighted by atomic mass is 10.1. The van der Waals surface area contributed by atoms with E-state index in [2.05, 4.69) is 20.6 Å². The first kappa shape index (κ1) is 17.6. The number of nitro groups is 1. The van der Waals surface area contributed by atoms with Crippen molar-refractivity contribution < 1.29 is 14.1 Å². The lowest BCUT2D eigenvalue weighted by Crippen LogP contribution is -2.36. The van der Waals surface area contributed by atoms with Crippen LogP contribution in [0.25, 0.3) is 11.3 Å². The number of nitrogen functional groups attached to an aromatic ring is 1. The molecule has 1 saturated heterocycles. The maximum absolute atomic E-state index is 11.6. The zero-order valence-electron chi connectivity index (χ0n) is 14.6. The van der Waals surface area contributed by atoms with Crippen LogP contribution in [0.4, 0.5) is 17.3 Å². The molecule has 12 nitrogen and oxygen atoms in total. The van der Waals surface area contributed by atoms with Crippen LogP contribution in [0.15, 0.2) is 39.9 Å². The number of nitro benzene ring substituents is 1. The number of ether oxygens (including phenoxy) is 1. The van der Waals surface area contributed by atoms with Crippen molar-refractivity contribution >= 4 is 23.5 Å². The lowest BCUT2D eigenvalue weighted by Gasteiger charge is -2.28. The van der Waals surface area contributed by atoms with Crippen LogP contribution in [0.3, 0.4) is 0 Å². The second kappa shape index (κ2) is 7.44. The first-order chi connectivity index (χ1) is 13.6. The molecule has 28 heavy (non-hydrogen) atoms. The van der Waals surface area contributed by atoms with Gasteiger partial charge in [-0.3, -0.25) is 10.1 Å². The van der Waals surface area contributed by atoms with Crippen molar-refractivity contribution in [2.75, 3.05) is 36.9 Å². The van der Waals surface area contributed by atoms with Gasteiger partial charge >= 0.3 is 0 Å². The van der Waals surface area contributed by atoms with E-state index in [9.17, 15) is 10.1 Å². The third-order valence-electron chi connectivity index (χ3n) is 4.21. The minimum absolute atomic E-state index is 0.0208. The summed E-state index contributed by atoms with van der Waals surface area (Å²) < 4.78 is 11.0. The van der Waals surface area contributed by atoms with E-state index in [0.29, 0.717) is 49.1 Å². The van der Waals surface area contributed by atoms with Crippen LogP contribution in [-0.2, 0) is 4.74 Å². The average Bonchev–Trinajstić information content (AvgIpc) is 3.35. The van der Waals surface area contributed by atoms with E-state index in [-0.39, 0.29) is 16.6 Å². The Balaban J connectivity index is 1.60. The average molecular weight is 384 g/mol. The number of aromatic nitrogens is 4. The molecule has 2 N–H and O–H groups in total. The molecule has 3 heterocycles. The number of tetrazole rings is 1. The quantitative estimate of drug-likeness (QED) is 0.388. The Labute approximate surface area is 158 Å². The predicted molar refractivity (Wildman–Crippen MR) is 99.1 cm³/mol. The molecule has 0 aliphatic carbocycles. The molecule has 1 aliphatic heterocycles. The van der Waals surface area contributed by atoms with Crippen molar-refractivity contribution in [3.8, 4) is 11.3 Å². The largest absolute Gasteiger partial charge is 0.455 e. The molecular formula is C16H16N8O4. The van der Waals surface area contributed by atoms with Gasteiger partial charge in [-0.05, 0) is 34.7 Å². The van der Waals surface area contributed by atoms with Gasteiger partial charge in [0.1, 0.15) is 17.2 Å². The normalized spacial score (nSPS) is 14.6. The van der Waals surface area contributed by atoms with E-state index in [1.807, 2.05) is 4.90 Å². The summed E-state index contributed by atoms with van der Waals surface area (Å²) in [6.45, 7) is 2.32. The van der Waals surface area contributed by atoms with Crippen LogP contribution in [0, 0.1) is 10.1 Å². The molecule has 4 rings (SSSR count). The molecule has 1 aliphatic rings. The number of furan rings is 1. The van der Waals surface area contributed by atoms with Crippen molar-refractivity contribution in [2.24, 2.45) is 5.10 Å². The molecule has 3 aromatic rings. The monoisotopic (exact) mass is 384 g/mol. The summed E-state index contributed by atoms with van der Waals surface area (Å²) >= 11 is 0. The molecule has 2 aromatic heterocycles. The minimum atomic E-state index is -0.389. The van der Waals surface area contributed by atoms with Crippen LogP contribution >= 0.6 is 0 Å². The van der Waals surface area contributed by atoms with Crippen LogP contribution in [-0.4, -0.2) is 57.8 Å². The van der Waals surface area contributed by atoms with Crippen molar-refractivity contribution in [2.45, 2.75) is 0 Å². The summed E-state index contributed by atoms with van der Waals surface area (Å²) in [6, 6.07) is 8.41. The molecule has 144 valence electrons. The molecule has 0 radical (unpaired) electrons. The molecule has 0 unspecified atom stereocenters. The molecule has 0 spiro atoms. The summed E-state index contributed by atoms with van der Waals surface area (Å²) in [7, 11) is 0. The minimum Gasteiger partial charge on any atom is -0.455 e. The van der Waals surface area contributed by atoms with Crippen LogP contribution in [0.1, 0.15) is 5.76 Å². The summed E-state index contributed by atoms with van der Waals surface area (Å²) in [5.41, 5.74) is 6.71. The van der Waals surface area contributed by atoms with Gasteiger partial charge in [0.05, 0.1) is 24.4 Å². The predicted octanol–water partition coefficient (Wildman–Crippen LogP) is 1.14. The van der Waals surface area contributed by atoms with Crippen molar-refractivity contribution in [1.82, 2.24) is 20.3 Å². The first-order valence-electron chi connectivity index (χ1n) is 8.41. The number of hydrogen-bond acceptors (Lipinski definition) is 10. The molecule has 0 atom stereocenters. The molecule has 1 aromatic carbocycles. The first-order valence-corrected chi connectivity index (χ1v) is 8.41. The lowest BCUT2D eigenvalue weighted by molar-refractivity contribution is -0.384. The Morgan fingerprint density at radius 3 is 2.79 bits per heavy atom. The topological polar surface area (TPSA) is 151 Å². The van der Waals surface area contributed by atoms with Crippen molar-refractivity contribution in [3.63, 3.8) is 0 Å². The molecular weight excluding hydrogens is 368 g/mol. The fourth-order valence-corrected chi connectivity index (χ4v) is 2.86. The van der Waals surface area contributed by atoms with Gasteiger partial charge in [-0.25, -0.2) is 0 Å². The fraction of sp³-hybridized carbons (Fsp3) is 0.250. The van der Waals surface area contributed by atoms with E-state index in [4.69, 9.17) is 14.9 Å². The van der Waals surface area contributed by atoms with Crippen LogP contribution in [0.2, 0.25) is 0 Å². The van der Waals surface area contributed by atoms with Gasteiger partial charge in [0.15, 0.2) is 0 Å². The number of nitrogens with two attached hydrogens (primary N) is 1. The molecule has 0 bridgehead atoms. The molecule has 0 amide bonds. The van der Waals surface area contributed by atoms with Gasteiger partial charge in [-0.2, -0.15) is 5.10 Å². The summed E-state index contributed by atoms with van der Waals surface area (Å²) in [6.07, 6.45) is 1.40. The van der Waals surface area contributed by atoms with Gasteiger partial charge < -0.3 is 19.8 Å². The molecule has 1 fully saturated rings. The second-order valence-corrected chi connectivity index (χ2v) is 5.93. The SMILES string of the molecule is Nc1nnnn1/N=C/c1ccc(-c2ccc(N3CCOCC3)c([N+](=O)[O-])c2)o1. The smallest absolute Gasteiger partial charge is 0.293 e. The number of nitrogens with zero attached hydrogens (tertiary/aromatic N) is 7. The third-order valence-corrected chi connectivity index (χ3v) is 4.21. The highest BCUT2D eigenvalue weighted by Gasteiger charge is 2.22. The Morgan fingerprint density at radius 1 is 1.25 bits per heavy atom. The zero-order chi connectivity index (χ0) is 19.5. The summed E-state index contributed by atoms with van der Waals surface area (Å²) in [5.74, 6) is 0.935. The summed E-state index contributed by atoms with van der Waals surface area (Å²) in [5, 5.41) is 26.0.